The van der Waals surface area contributed by atoms with Crippen molar-refractivity contribution in [1.29, 1.82) is 0 Å². The molecular formula is C14H18N2O3S. The molecule has 1 saturated heterocycles. The van der Waals surface area contributed by atoms with Crippen molar-refractivity contribution in [3.63, 3.8) is 0 Å². The zero-order chi connectivity index (χ0) is 14.3. The highest BCUT2D eigenvalue weighted by molar-refractivity contribution is 7.09. The maximum absolute atomic E-state index is 12.3. The van der Waals surface area contributed by atoms with Crippen molar-refractivity contribution in [3.05, 3.63) is 16.1 Å². The van der Waals surface area contributed by atoms with Gasteiger partial charge in [-0.1, -0.05) is 0 Å². The van der Waals surface area contributed by atoms with Crippen molar-refractivity contribution >= 4 is 23.2 Å². The number of carbonyl (C=O) groups excluding carboxylic acids is 1. The van der Waals surface area contributed by atoms with E-state index in [9.17, 15) is 9.59 Å². The lowest BCUT2D eigenvalue weighted by Gasteiger charge is -2.32. The van der Waals surface area contributed by atoms with E-state index in [-0.39, 0.29) is 11.8 Å². The third kappa shape index (κ3) is 2.57. The summed E-state index contributed by atoms with van der Waals surface area (Å²) in [5.41, 5.74) is 1.03. The number of hydrogen-bond acceptors (Lipinski definition) is 4. The SMILES string of the molecule is Cc1csc(C2CCCN(C(=O)C3CC3C(=O)O)C2)n1. The number of aromatic nitrogens is 1. The van der Waals surface area contributed by atoms with Gasteiger partial charge in [0.2, 0.25) is 5.91 Å². The molecule has 2 heterocycles. The van der Waals surface area contributed by atoms with Crippen molar-refractivity contribution in [3.8, 4) is 0 Å². The lowest BCUT2D eigenvalue weighted by atomic mass is 9.98. The van der Waals surface area contributed by atoms with Crippen LogP contribution in [-0.4, -0.2) is 40.0 Å². The number of amides is 1. The highest BCUT2D eigenvalue weighted by atomic mass is 32.1. The molecule has 3 atom stereocenters. The molecule has 3 rings (SSSR count). The molecule has 1 aromatic rings. The first kappa shape index (κ1) is 13.5. The molecule has 20 heavy (non-hydrogen) atoms. The molecule has 108 valence electrons. The summed E-state index contributed by atoms with van der Waals surface area (Å²) in [6.45, 7) is 3.42. The molecule has 5 nitrogen and oxygen atoms in total. The quantitative estimate of drug-likeness (QED) is 0.924. The molecule has 1 aliphatic carbocycles. The molecule has 1 aliphatic heterocycles. The average Bonchev–Trinajstić information content (AvgIpc) is 3.13. The van der Waals surface area contributed by atoms with Crippen LogP contribution < -0.4 is 0 Å². The maximum atomic E-state index is 12.3. The van der Waals surface area contributed by atoms with Gasteiger partial charge in [0, 0.05) is 30.1 Å². The van der Waals surface area contributed by atoms with Gasteiger partial charge < -0.3 is 10.0 Å². The number of carboxylic acids is 1. The summed E-state index contributed by atoms with van der Waals surface area (Å²) >= 11 is 1.66. The predicted molar refractivity (Wildman–Crippen MR) is 74.6 cm³/mol. The Hall–Kier alpha value is -1.43. The Morgan fingerprint density at radius 1 is 1.45 bits per heavy atom. The van der Waals surface area contributed by atoms with Crippen LogP contribution in [0.1, 0.15) is 35.9 Å². The number of thiazole rings is 1. The van der Waals surface area contributed by atoms with E-state index in [2.05, 4.69) is 4.98 Å². The van der Waals surface area contributed by atoms with Crippen molar-refractivity contribution in [2.45, 2.75) is 32.1 Å². The number of nitrogens with zero attached hydrogens (tertiary/aromatic N) is 2. The van der Waals surface area contributed by atoms with Crippen molar-refractivity contribution in [1.82, 2.24) is 9.88 Å². The van der Waals surface area contributed by atoms with E-state index >= 15 is 0 Å². The van der Waals surface area contributed by atoms with Crippen molar-refractivity contribution in [2.24, 2.45) is 11.8 Å². The van der Waals surface area contributed by atoms with Gasteiger partial charge in [-0.2, -0.15) is 0 Å². The van der Waals surface area contributed by atoms with Crippen molar-refractivity contribution in [2.75, 3.05) is 13.1 Å². The molecule has 1 aromatic heterocycles. The van der Waals surface area contributed by atoms with Crippen LogP contribution in [0.15, 0.2) is 5.38 Å². The maximum Gasteiger partial charge on any atom is 0.307 e. The second-order valence-electron chi connectivity index (χ2n) is 5.74. The zero-order valence-corrected chi connectivity index (χ0v) is 12.2. The molecule has 2 fully saturated rings. The Morgan fingerprint density at radius 2 is 2.25 bits per heavy atom. The minimum absolute atomic E-state index is 0.0235. The van der Waals surface area contributed by atoms with E-state index in [1.165, 1.54) is 0 Å². The van der Waals surface area contributed by atoms with Crippen LogP contribution in [-0.2, 0) is 9.59 Å². The van der Waals surface area contributed by atoms with Crippen LogP contribution in [0.2, 0.25) is 0 Å². The number of piperidine rings is 1. The minimum atomic E-state index is -0.840. The summed E-state index contributed by atoms with van der Waals surface area (Å²) in [6, 6.07) is 0. The zero-order valence-electron chi connectivity index (χ0n) is 11.4. The molecule has 0 aromatic carbocycles. The van der Waals surface area contributed by atoms with Gasteiger partial charge in [-0.05, 0) is 26.2 Å². The van der Waals surface area contributed by atoms with Crippen LogP contribution in [0.3, 0.4) is 0 Å². The van der Waals surface area contributed by atoms with E-state index in [1.807, 2.05) is 17.2 Å². The molecule has 0 spiro atoms. The number of aliphatic carboxylic acids is 1. The minimum Gasteiger partial charge on any atom is -0.481 e. The molecule has 1 amide bonds. The van der Waals surface area contributed by atoms with Gasteiger partial charge >= 0.3 is 5.97 Å². The summed E-state index contributed by atoms with van der Waals surface area (Å²) in [5, 5.41) is 12.1. The highest BCUT2D eigenvalue weighted by Crippen LogP contribution is 2.41. The third-order valence-corrected chi connectivity index (χ3v) is 5.27. The number of hydrogen-bond donors (Lipinski definition) is 1. The fourth-order valence-corrected chi connectivity index (χ4v) is 3.84. The number of rotatable bonds is 3. The van der Waals surface area contributed by atoms with E-state index in [1.54, 1.807) is 11.3 Å². The van der Waals surface area contributed by atoms with Gasteiger partial charge in [-0.3, -0.25) is 9.59 Å². The Labute approximate surface area is 121 Å². The summed E-state index contributed by atoms with van der Waals surface area (Å²) in [6.07, 6.45) is 2.54. The summed E-state index contributed by atoms with van der Waals surface area (Å²) < 4.78 is 0. The Morgan fingerprint density at radius 3 is 2.85 bits per heavy atom. The lowest BCUT2D eigenvalue weighted by Crippen LogP contribution is -2.40. The van der Waals surface area contributed by atoms with Crippen LogP contribution in [0, 0.1) is 18.8 Å². The van der Waals surface area contributed by atoms with Crippen LogP contribution in [0.4, 0.5) is 0 Å². The molecule has 0 bridgehead atoms. The van der Waals surface area contributed by atoms with E-state index in [0.717, 1.165) is 30.1 Å². The van der Waals surface area contributed by atoms with Gasteiger partial charge in [-0.25, -0.2) is 4.98 Å². The fraction of sp³-hybridized carbons (Fsp3) is 0.643. The molecule has 0 radical (unpaired) electrons. The van der Waals surface area contributed by atoms with Gasteiger partial charge in [0.1, 0.15) is 0 Å². The standard InChI is InChI=1S/C14H18N2O3S/c1-8-7-20-12(15-8)9-3-2-4-16(6-9)13(17)10-5-11(10)14(18)19/h7,9-11H,2-6H2,1H3,(H,18,19). The Bertz CT molecular complexity index is 542. The average molecular weight is 294 g/mol. The second kappa shape index (κ2) is 5.16. The van der Waals surface area contributed by atoms with Gasteiger partial charge in [0.25, 0.3) is 0 Å². The number of aryl methyl sites for hydroxylation is 1. The summed E-state index contributed by atoms with van der Waals surface area (Å²) in [5.74, 6) is -1.24. The summed E-state index contributed by atoms with van der Waals surface area (Å²) in [4.78, 5) is 29.5. The van der Waals surface area contributed by atoms with Gasteiger partial charge in [-0.15, -0.1) is 11.3 Å². The monoisotopic (exact) mass is 294 g/mol. The summed E-state index contributed by atoms with van der Waals surface area (Å²) in [7, 11) is 0. The molecule has 3 unspecified atom stereocenters. The first-order chi connectivity index (χ1) is 9.56. The van der Waals surface area contributed by atoms with Gasteiger partial charge in [0.05, 0.1) is 16.8 Å². The topological polar surface area (TPSA) is 70.5 Å². The Kier molecular flexibility index (Phi) is 3.50. The highest BCUT2D eigenvalue weighted by Gasteiger charge is 2.50. The molecule has 1 saturated carbocycles. The molecule has 2 aliphatic rings. The Balaban J connectivity index is 1.64. The number of carbonyl (C=O) groups is 2. The normalized spacial score (nSPS) is 29.2. The first-order valence-corrected chi connectivity index (χ1v) is 7.88. The smallest absolute Gasteiger partial charge is 0.307 e. The predicted octanol–water partition coefficient (Wildman–Crippen LogP) is 1.88. The van der Waals surface area contributed by atoms with Gasteiger partial charge in [0.15, 0.2) is 0 Å². The molecule has 6 heteroatoms. The van der Waals surface area contributed by atoms with Crippen LogP contribution in [0.5, 0.6) is 0 Å². The number of carboxylic acid groups (broad SMARTS) is 1. The van der Waals surface area contributed by atoms with E-state index in [4.69, 9.17) is 5.11 Å². The second-order valence-corrected chi connectivity index (χ2v) is 6.63. The third-order valence-electron chi connectivity index (χ3n) is 4.14. The fourth-order valence-electron chi connectivity index (χ4n) is 2.91. The van der Waals surface area contributed by atoms with Crippen LogP contribution >= 0.6 is 11.3 Å². The lowest BCUT2D eigenvalue weighted by molar-refractivity contribution is -0.142. The van der Waals surface area contributed by atoms with E-state index in [0.29, 0.717) is 18.9 Å². The largest absolute Gasteiger partial charge is 0.481 e. The van der Waals surface area contributed by atoms with Crippen LogP contribution in [0.25, 0.3) is 0 Å². The first-order valence-electron chi connectivity index (χ1n) is 7.00. The molecule has 1 N–H and O–H groups in total. The van der Waals surface area contributed by atoms with Crippen molar-refractivity contribution < 1.29 is 14.7 Å². The van der Waals surface area contributed by atoms with E-state index < -0.39 is 11.9 Å². The molecular weight excluding hydrogens is 276 g/mol. The number of likely N-dealkylation sites (tertiary alicyclic amines) is 1.